The summed E-state index contributed by atoms with van der Waals surface area (Å²) < 4.78 is 5.15. The third kappa shape index (κ3) is 2.67. The van der Waals surface area contributed by atoms with Crippen LogP contribution in [0.5, 0.6) is 11.5 Å². The first-order chi connectivity index (χ1) is 6.25. The molecule has 0 aliphatic rings. The highest BCUT2D eigenvalue weighted by atomic mass is 35.5. The molecule has 0 saturated heterocycles. The lowest BCUT2D eigenvalue weighted by Gasteiger charge is -2.04. The van der Waals surface area contributed by atoms with E-state index in [4.69, 9.17) is 16.3 Å². The molecule has 70 valence electrons. The Morgan fingerprint density at radius 1 is 1.54 bits per heavy atom. The van der Waals surface area contributed by atoms with Crippen molar-refractivity contribution in [2.75, 3.05) is 0 Å². The molecule has 0 bridgehead atoms. The molecule has 0 saturated carbocycles. The molecule has 2 nitrogen and oxygen atoms in total. The van der Waals surface area contributed by atoms with Gasteiger partial charge in [-0.25, -0.2) is 0 Å². The van der Waals surface area contributed by atoms with Crippen molar-refractivity contribution in [1.82, 2.24) is 0 Å². The molecule has 1 aromatic rings. The fourth-order valence-corrected chi connectivity index (χ4v) is 1.04. The van der Waals surface area contributed by atoms with Crippen LogP contribution in [0, 0.1) is 0 Å². The number of para-hydroxylation sites is 1. The van der Waals surface area contributed by atoms with Crippen molar-refractivity contribution in [3.8, 4) is 11.5 Å². The molecule has 0 aliphatic carbocycles. The number of hydrogen-bond donors (Lipinski definition) is 1. The maximum Gasteiger partial charge on any atom is 0.186 e. The quantitative estimate of drug-likeness (QED) is 0.755. The lowest BCUT2D eigenvalue weighted by molar-refractivity contribution is 0.410. The number of rotatable bonds is 3. The number of phenols is 1. The molecule has 0 radical (unpaired) electrons. The number of allylic oxidation sites excluding steroid dienone is 1. The first-order valence-electron chi connectivity index (χ1n) is 4.05. The molecule has 0 heterocycles. The summed E-state index contributed by atoms with van der Waals surface area (Å²) in [5.41, 5.74) is 0. The number of halogens is 1. The van der Waals surface area contributed by atoms with Gasteiger partial charge in [0.25, 0.3) is 0 Å². The van der Waals surface area contributed by atoms with E-state index in [1.165, 1.54) is 12.3 Å². The molecular weight excluding hydrogens is 188 g/mol. The molecule has 1 N–H and O–H groups in total. The molecular formula is C10H11ClO2. The normalized spacial score (nSPS) is 10.6. The van der Waals surface area contributed by atoms with Crippen molar-refractivity contribution in [2.24, 2.45) is 0 Å². The van der Waals surface area contributed by atoms with Crippen LogP contribution in [0.1, 0.15) is 13.3 Å². The number of benzene rings is 1. The van der Waals surface area contributed by atoms with Crippen LogP contribution in [0.4, 0.5) is 0 Å². The van der Waals surface area contributed by atoms with E-state index in [-0.39, 0.29) is 5.75 Å². The van der Waals surface area contributed by atoms with Gasteiger partial charge < -0.3 is 9.84 Å². The van der Waals surface area contributed by atoms with E-state index in [0.717, 1.165) is 6.42 Å². The monoisotopic (exact) mass is 198 g/mol. The summed E-state index contributed by atoms with van der Waals surface area (Å²) in [6.45, 7) is 1.99. The lowest BCUT2D eigenvalue weighted by atomic mass is 10.3. The van der Waals surface area contributed by atoms with Crippen molar-refractivity contribution < 1.29 is 9.84 Å². The predicted molar refractivity (Wildman–Crippen MR) is 53.2 cm³/mol. The molecule has 0 fully saturated rings. The Morgan fingerprint density at radius 2 is 2.31 bits per heavy atom. The zero-order chi connectivity index (χ0) is 9.68. The minimum absolute atomic E-state index is 0.0493. The van der Waals surface area contributed by atoms with Crippen molar-refractivity contribution in [3.63, 3.8) is 0 Å². The molecule has 0 aromatic heterocycles. The van der Waals surface area contributed by atoms with E-state index < -0.39 is 0 Å². The topological polar surface area (TPSA) is 29.5 Å². The van der Waals surface area contributed by atoms with Crippen molar-refractivity contribution in [3.05, 3.63) is 35.6 Å². The Labute approximate surface area is 82.4 Å². The number of aromatic hydroxyl groups is 1. The second-order valence-corrected chi connectivity index (χ2v) is 2.89. The van der Waals surface area contributed by atoms with E-state index in [9.17, 15) is 5.11 Å². The molecule has 0 spiro atoms. The molecule has 3 heteroatoms. The second kappa shape index (κ2) is 4.77. The largest absolute Gasteiger partial charge is 0.504 e. The van der Waals surface area contributed by atoms with Crippen LogP contribution < -0.4 is 4.74 Å². The maximum atomic E-state index is 9.35. The minimum Gasteiger partial charge on any atom is -0.504 e. The zero-order valence-corrected chi connectivity index (χ0v) is 8.08. The number of hydrogen-bond acceptors (Lipinski definition) is 2. The van der Waals surface area contributed by atoms with Gasteiger partial charge >= 0.3 is 0 Å². The maximum absolute atomic E-state index is 9.35. The molecule has 1 rings (SSSR count). The lowest BCUT2D eigenvalue weighted by Crippen LogP contribution is -1.83. The third-order valence-electron chi connectivity index (χ3n) is 1.46. The summed E-state index contributed by atoms with van der Waals surface area (Å²) in [5.74, 6) is 0.349. The standard InChI is InChI=1S/C10H11ClO2/c1-2-3-7-13-10-8(11)5-4-6-9(10)12/h3-7,12H,2H2,1H3/b7-3+. The fraction of sp³-hybridized carbons (Fsp3) is 0.200. The summed E-state index contributed by atoms with van der Waals surface area (Å²) in [6, 6.07) is 4.85. The molecule has 13 heavy (non-hydrogen) atoms. The van der Waals surface area contributed by atoms with Crippen LogP contribution in [-0.4, -0.2) is 5.11 Å². The van der Waals surface area contributed by atoms with Gasteiger partial charge in [-0.1, -0.05) is 24.6 Å². The van der Waals surface area contributed by atoms with E-state index in [1.807, 2.05) is 13.0 Å². The average Bonchev–Trinajstić information content (AvgIpc) is 2.10. The van der Waals surface area contributed by atoms with Gasteiger partial charge in [-0.3, -0.25) is 0 Å². The second-order valence-electron chi connectivity index (χ2n) is 2.49. The van der Waals surface area contributed by atoms with E-state index in [0.29, 0.717) is 10.8 Å². The van der Waals surface area contributed by atoms with Gasteiger partial charge in [-0.2, -0.15) is 0 Å². The Kier molecular flexibility index (Phi) is 3.65. The van der Waals surface area contributed by atoms with Crippen molar-refractivity contribution in [2.45, 2.75) is 13.3 Å². The van der Waals surface area contributed by atoms with Crippen LogP contribution in [0.3, 0.4) is 0 Å². The Balaban J connectivity index is 2.81. The van der Waals surface area contributed by atoms with Gasteiger partial charge in [0.1, 0.15) is 0 Å². The van der Waals surface area contributed by atoms with Gasteiger partial charge in [0, 0.05) is 0 Å². The van der Waals surface area contributed by atoms with E-state index in [2.05, 4.69) is 0 Å². The smallest absolute Gasteiger partial charge is 0.186 e. The first-order valence-corrected chi connectivity index (χ1v) is 4.42. The van der Waals surface area contributed by atoms with E-state index in [1.54, 1.807) is 12.1 Å². The first kappa shape index (κ1) is 9.93. The summed E-state index contributed by atoms with van der Waals surface area (Å²) in [4.78, 5) is 0. The number of phenolic OH excluding ortho intramolecular Hbond substituents is 1. The van der Waals surface area contributed by atoms with Gasteiger partial charge in [0.05, 0.1) is 11.3 Å². The molecule has 1 aromatic carbocycles. The molecule has 0 amide bonds. The van der Waals surface area contributed by atoms with Gasteiger partial charge in [-0.15, -0.1) is 0 Å². The summed E-state index contributed by atoms with van der Waals surface area (Å²) >= 11 is 5.79. The summed E-state index contributed by atoms with van der Waals surface area (Å²) in [7, 11) is 0. The van der Waals surface area contributed by atoms with Crippen LogP contribution in [-0.2, 0) is 0 Å². The summed E-state index contributed by atoms with van der Waals surface area (Å²) in [5, 5.41) is 9.75. The Hall–Kier alpha value is -1.15. The Morgan fingerprint density at radius 3 is 2.92 bits per heavy atom. The van der Waals surface area contributed by atoms with E-state index >= 15 is 0 Å². The van der Waals surface area contributed by atoms with Crippen LogP contribution >= 0.6 is 11.6 Å². The van der Waals surface area contributed by atoms with Crippen LogP contribution in [0.25, 0.3) is 0 Å². The molecule has 0 atom stereocenters. The van der Waals surface area contributed by atoms with Crippen LogP contribution in [0.15, 0.2) is 30.5 Å². The summed E-state index contributed by atoms with van der Waals surface area (Å²) in [6.07, 6.45) is 4.23. The van der Waals surface area contributed by atoms with Gasteiger partial charge in [-0.05, 0) is 24.6 Å². The van der Waals surface area contributed by atoms with Crippen molar-refractivity contribution in [1.29, 1.82) is 0 Å². The molecule has 0 aliphatic heterocycles. The van der Waals surface area contributed by atoms with Crippen molar-refractivity contribution >= 4 is 11.6 Å². The average molecular weight is 199 g/mol. The predicted octanol–water partition coefficient (Wildman–Crippen LogP) is 3.35. The zero-order valence-electron chi connectivity index (χ0n) is 7.33. The highest BCUT2D eigenvalue weighted by Crippen LogP contribution is 2.33. The highest BCUT2D eigenvalue weighted by Gasteiger charge is 2.04. The Bertz CT molecular complexity index is 288. The third-order valence-corrected chi connectivity index (χ3v) is 1.76. The minimum atomic E-state index is 0.0493. The molecule has 0 unspecified atom stereocenters. The fourth-order valence-electron chi connectivity index (χ4n) is 0.827. The van der Waals surface area contributed by atoms with Gasteiger partial charge in [0.2, 0.25) is 0 Å². The highest BCUT2D eigenvalue weighted by molar-refractivity contribution is 6.32. The van der Waals surface area contributed by atoms with Gasteiger partial charge in [0.15, 0.2) is 11.5 Å². The number of ether oxygens (including phenoxy) is 1. The van der Waals surface area contributed by atoms with Crippen LogP contribution in [0.2, 0.25) is 5.02 Å². The SMILES string of the molecule is CC/C=C/Oc1c(O)cccc1Cl.